The molecule has 17 heavy (non-hydrogen) atoms. The highest BCUT2D eigenvalue weighted by Crippen LogP contribution is 2.29. The number of aliphatic hydroxyl groups is 1. The molecule has 2 rings (SSSR count). The Morgan fingerprint density at radius 1 is 1.06 bits per heavy atom. The molecule has 0 saturated heterocycles. The number of anilines is 1. The first-order valence-electron chi connectivity index (χ1n) is 5.10. The van der Waals surface area contributed by atoms with Crippen LogP contribution in [0.15, 0.2) is 46.9 Å². The van der Waals surface area contributed by atoms with Gasteiger partial charge in [0.05, 0.1) is 0 Å². The van der Waals surface area contributed by atoms with Gasteiger partial charge in [0, 0.05) is 21.8 Å². The fourth-order valence-corrected chi connectivity index (χ4v) is 1.90. The van der Waals surface area contributed by atoms with E-state index in [0.29, 0.717) is 11.3 Å². The second-order valence-corrected chi connectivity index (χ2v) is 4.68. The average Bonchev–Trinajstić information content (AvgIpc) is 2.29. The standard InChI is InChI=1S/C13H12BrNO2/c14-9-3-1-8(2-4-9)13(17)11-6-5-10(16)7-12(11)15/h1-7,13,16-17H,15H2. The average molecular weight is 294 g/mol. The summed E-state index contributed by atoms with van der Waals surface area (Å²) >= 11 is 3.34. The van der Waals surface area contributed by atoms with E-state index in [1.54, 1.807) is 6.07 Å². The lowest BCUT2D eigenvalue weighted by atomic mass is 10.00. The van der Waals surface area contributed by atoms with Crippen molar-refractivity contribution in [2.24, 2.45) is 0 Å². The van der Waals surface area contributed by atoms with Crippen LogP contribution in [-0.2, 0) is 0 Å². The van der Waals surface area contributed by atoms with Crippen LogP contribution in [0.3, 0.4) is 0 Å². The Kier molecular flexibility index (Phi) is 3.36. The molecule has 3 nitrogen and oxygen atoms in total. The maximum Gasteiger partial charge on any atom is 0.117 e. The highest BCUT2D eigenvalue weighted by atomic mass is 79.9. The molecule has 2 aromatic rings. The zero-order valence-electron chi connectivity index (χ0n) is 8.97. The molecule has 0 heterocycles. The number of nitrogens with two attached hydrogens (primary N) is 1. The zero-order valence-corrected chi connectivity index (χ0v) is 10.6. The van der Waals surface area contributed by atoms with Crippen LogP contribution in [0.5, 0.6) is 5.75 Å². The largest absolute Gasteiger partial charge is 0.508 e. The second kappa shape index (κ2) is 4.77. The van der Waals surface area contributed by atoms with Crippen molar-refractivity contribution < 1.29 is 10.2 Å². The Morgan fingerprint density at radius 3 is 2.29 bits per heavy atom. The first kappa shape index (κ1) is 12.0. The van der Waals surface area contributed by atoms with Crippen molar-refractivity contribution in [3.63, 3.8) is 0 Å². The number of phenolic OH excluding ortho intramolecular Hbond substituents is 1. The zero-order chi connectivity index (χ0) is 12.4. The van der Waals surface area contributed by atoms with Gasteiger partial charge in [0.25, 0.3) is 0 Å². The number of rotatable bonds is 2. The van der Waals surface area contributed by atoms with Gasteiger partial charge >= 0.3 is 0 Å². The molecule has 0 radical (unpaired) electrons. The van der Waals surface area contributed by atoms with E-state index in [9.17, 15) is 10.2 Å². The highest BCUT2D eigenvalue weighted by Gasteiger charge is 2.13. The molecule has 4 N–H and O–H groups in total. The monoisotopic (exact) mass is 293 g/mol. The molecule has 0 aliphatic carbocycles. The van der Waals surface area contributed by atoms with Crippen molar-refractivity contribution in [1.82, 2.24) is 0 Å². The maximum atomic E-state index is 10.2. The van der Waals surface area contributed by atoms with Crippen molar-refractivity contribution in [3.8, 4) is 5.75 Å². The van der Waals surface area contributed by atoms with Gasteiger partial charge in [0.1, 0.15) is 11.9 Å². The number of hydrogen-bond acceptors (Lipinski definition) is 3. The molecule has 0 spiro atoms. The molecule has 0 aromatic heterocycles. The molecule has 1 atom stereocenters. The number of nitrogen functional groups attached to an aromatic ring is 1. The van der Waals surface area contributed by atoms with Gasteiger partial charge < -0.3 is 15.9 Å². The van der Waals surface area contributed by atoms with Gasteiger partial charge in [0.15, 0.2) is 0 Å². The third-order valence-corrected chi connectivity index (χ3v) is 3.08. The van der Waals surface area contributed by atoms with Crippen LogP contribution in [-0.4, -0.2) is 10.2 Å². The summed E-state index contributed by atoms with van der Waals surface area (Å²) in [6, 6.07) is 11.9. The molecule has 0 aliphatic rings. The summed E-state index contributed by atoms with van der Waals surface area (Å²) in [6.07, 6.45) is -0.788. The van der Waals surface area contributed by atoms with Crippen LogP contribution in [0, 0.1) is 0 Å². The van der Waals surface area contributed by atoms with E-state index in [1.165, 1.54) is 12.1 Å². The summed E-state index contributed by atoms with van der Waals surface area (Å²) in [5.74, 6) is 0.0919. The number of hydrogen-bond donors (Lipinski definition) is 3. The summed E-state index contributed by atoms with van der Waals surface area (Å²) < 4.78 is 0.951. The van der Waals surface area contributed by atoms with Gasteiger partial charge in [-0.05, 0) is 23.8 Å². The Morgan fingerprint density at radius 2 is 1.71 bits per heavy atom. The van der Waals surface area contributed by atoms with Crippen LogP contribution in [0.25, 0.3) is 0 Å². The van der Waals surface area contributed by atoms with Crippen LogP contribution in [0.1, 0.15) is 17.2 Å². The van der Waals surface area contributed by atoms with Gasteiger partial charge in [-0.3, -0.25) is 0 Å². The van der Waals surface area contributed by atoms with Crippen LogP contribution < -0.4 is 5.73 Å². The van der Waals surface area contributed by atoms with Crippen molar-refractivity contribution in [2.45, 2.75) is 6.10 Å². The fourth-order valence-electron chi connectivity index (χ4n) is 1.64. The van der Waals surface area contributed by atoms with Crippen LogP contribution in [0.2, 0.25) is 0 Å². The summed E-state index contributed by atoms with van der Waals surface area (Å²) in [7, 11) is 0. The van der Waals surface area contributed by atoms with Crippen LogP contribution in [0.4, 0.5) is 5.69 Å². The van der Waals surface area contributed by atoms with Crippen molar-refractivity contribution in [2.75, 3.05) is 5.73 Å². The molecule has 0 amide bonds. The molecule has 0 saturated carbocycles. The lowest BCUT2D eigenvalue weighted by Gasteiger charge is -2.14. The number of phenols is 1. The SMILES string of the molecule is Nc1cc(O)ccc1C(O)c1ccc(Br)cc1. The molecule has 1 unspecified atom stereocenters. The van der Waals surface area contributed by atoms with Crippen molar-refractivity contribution in [1.29, 1.82) is 0 Å². The first-order valence-corrected chi connectivity index (χ1v) is 5.89. The van der Waals surface area contributed by atoms with Gasteiger partial charge in [-0.15, -0.1) is 0 Å². The third-order valence-electron chi connectivity index (χ3n) is 2.55. The minimum absolute atomic E-state index is 0.0919. The topological polar surface area (TPSA) is 66.5 Å². The summed E-state index contributed by atoms with van der Waals surface area (Å²) in [5, 5.41) is 19.4. The van der Waals surface area contributed by atoms with Crippen molar-refractivity contribution in [3.05, 3.63) is 58.1 Å². The molecule has 4 heteroatoms. The number of benzene rings is 2. The molecule has 0 fully saturated rings. The molecule has 2 aromatic carbocycles. The highest BCUT2D eigenvalue weighted by molar-refractivity contribution is 9.10. The fraction of sp³-hybridized carbons (Fsp3) is 0.0769. The normalized spacial score (nSPS) is 12.4. The lowest BCUT2D eigenvalue weighted by Crippen LogP contribution is -2.03. The summed E-state index contributed by atoms with van der Waals surface area (Å²) in [5.41, 5.74) is 7.48. The smallest absolute Gasteiger partial charge is 0.117 e. The van der Waals surface area contributed by atoms with E-state index in [0.717, 1.165) is 10.0 Å². The number of aromatic hydroxyl groups is 1. The number of halogens is 1. The van der Waals surface area contributed by atoms with E-state index in [2.05, 4.69) is 15.9 Å². The predicted octanol–water partition coefficient (Wildman–Crippen LogP) is 2.82. The minimum Gasteiger partial charge on any atom is -0.508 e. The quantitative estimate of drug-likeness (QED) is 0.746. The summed E-state index contributed by atoms with van der Waals surface area (Å²) in [4.78, 5) is 0. The van der Waals surface area contributed by atoms with E-state index < -0.39 is 6.10 Å². The number of aliphatic hydroxyl groups excluding tert-OH is 1. The van der Waals surface area contributed by atoms with E-state index in [1.807, 2.05) is 24.3 Å². The molecule has 0 bridgehead atoms. The Balaban J connectivity index is 2.36. The van der Waals surface area contributed by atoms with E-state index >= 15 is 0 Å². The minimum atomic E-state index is -0.788. The summed E-state index contributed by atoms with van der Waals surface area (Å²) in [6.45, 7) is 0. The van der Waals surface area contributed by atoms with Gasteiger partial charge in [0.2, 0.25) is 0 Å². The second-order valence-electron chi connectivity index (χ2n) is 3.77. The van der Waals surface area contributed by atoms with E-state index in [-0.39, 0.29) is 5.75 Å². The van der Waals surface area contributed by atoms with Gasteiger partial charge in [-0.1, -0.05) is 34.1 Å². The van der Waals surface area contributed by atoms with Crippen LogP contribution >= 0.6 is 15.9 Å². The first-order chi connectivity index (χ1) is 8.08. The predicted molar refractivity (Wildman–Crippen MR) is 70.7 cm³/mol. The van der Waals surface area contributed by atoms with E-state index in [4.69, 9.17) is 5.73 Å². The maximum absolute atomic E-state index is 10.2. The molecular formula is C13H12BrNO2. The Bertz CT molecular complexity index is 525. The van der Waals surface area contributed by atoms with Gasteiger partial charge in [-0.2, -0.15) is 0 Å². The Labute approximate surface area is 108 Å². The lowest BCUT2D eigenvalue weighted by molar-refractivity contribution is 0.221. The third kappa shape index (κ3) is 2.60. The van der Waals surface area contributed by atoms with Crippen molar-refractivity contribution >= 4 is 21.6 Å². The Hall–Kier alpha value is -1.52. The van der Waals surface area contributed by atoms with Gasteiger partial charge in [-0.25, -0.2) is 0 Å². The molecule has 88 valence electrons. The molecule has 0 aliphatic heterocycles. The molecular weight excluding hydrogens is 282 g/mol.